The van der Waals surface area contributed by atoms with Crippen LogP contribution < -0.4 is 10.5 Å². The monoisotopic (exact) mass is 264 g/mol. The molecule has 0 spiro atoms. The second-order valence-corrected chi connectivity index (χ2v) is 5.87. The normalized spacial score (nSPS) is 24.5. The highest BCUT2D eigenvalue weighted by molar-refractivity contribution is 7.89. The summed E-state index contributed by atoms with van der Waals surface area (Å²) in [6.45, 7) is -0.0828. The highest BCUT2D eigenvalue weighted by Crippen LogP contribution is 2.31. The van der Waals surface area contributed by atoms with Gasteiger partial charge in [-0.2, -0.15) is 0 Å². The molecule has 1 aliphatic carbocycles. The van der Waals surface area contributed by atoms with Crippen molar-refractivity contribution in [3.63, 3.8) is 0 Å². The number of amides is 1. The molecule has 0 heterocycles. The molecule has 0 aromatic heterocycles. The van der Waals surface area contributed by atoms with Crippen LogP contribution in [0.5, 0.6) is 0 Å². The number of rotatable bonds is 5. The standard InChI is InChI=1S/C9H16N2O5S/c10-17(15,16)5-4-11-8(12)6-2-1-3-7(6)9(13)14/h6-7H,1-5H2,(H,11,12)(H,13,14)(H2,10,15,16)/t6-,7+/m1/s1. The van der Waals surface area contributed by atoms with Gasteiger partial charge in [-0.1, -0.05) is 6.42 Å². The molecule has 98 valence electrons. The predicted octanol–water partition coefficient (Wildman–Crippen LogP) is -1.11. The van der Waals surface area contributed by atoms with Crippen LogP contribution in [-0.4, -0.2) is 37.7 Å². The molecule has 7 nitrogen and oxygen atoms in total. The summed E-state index contributed by atoms with van der Waals surface area (Å²) in [6, 6.07) is 0. The summed E-state index contributed by atoms with van der Waals surface area (Å²) in [7, 11) is -3.60. The Kier molecular flexibility index (Phi) is 4.47. The zero-order valence-corrected chi connectivity index (χ0v) is 10.1. The minimum absolute atomic E-state index is 0.0828. The lowest BCUT2D eigenvalue weighted by Gasteiger charge is -2.15. The van der Waals surface area contributed by atoms with E-state index in [-0.39, 0.29) is 12.3 Å². The second kappa shape index (κ2) is 5.46. The summed E-state index contributed by atoms with van der Waals surface area (Å²) >= 11 is 0. The van der Waals surface area contributed by atoms with Crippen LogP contribution >= 0.6 is 0 Å². The molecule has 1 amide bonds. The number of hydrogen-bond donors (Lipinski definition) is 3. The van der Waals surface area contributed by atoms with E-state index in [0.717, 1.165) is 0 Å². The lowest BCUT2D eigenvalue weighted by atomic mass is 9.95. The number of sulfonamides is 1. The number of nitrogens with two attached hydrogens (primary N) is 1. The van der Waals surface area contributed by atoms with Gasteiger partial charge in [-0.25, -0.2) is 13.6 Å². The zero-order valence-electron chi connectivity index (χ0n) is 9.26. The van der Waals surface area contributed by atoms with E-state index in [2.05, 4.69) is 5.32 Å². The molecule has 1 rings (SSSR count). The molecule has 0 radical (unpaired) electrons. The third-order valence-electron chi connectivity index (χ3n) is 2.86. The molecule has 1 fully saturated rings. The number of primary sulfonamides is 1. The smallest absolute Gasteiger partial charge is 0.307 e. The molecule has 2 atom stereocenters. The second-order valence-electron chi connectivity index (χ2n) is 4.14. The Morgan fingerprint density at radius 2 is 1.88 bits per heavy atom. The van der Waals surface area contributed by atoms with Gasteiger partial charge in [0.25, 0.3) is 0 Å². The number of aliphatic carboxylic acids is 1. The quantitative estimate of drug-likeness (QED) is 0.580. The van der Waals surface area contributed by atoms with Crippen LogP contribution in [0.1, 0.15) is 19.3 Å². The summed E-state index contributed by atoms with van der Waals surface area (Å²) in [5, 5.41) is 16.1. The number of carboxylic acid groups (broad SMARTS) is 1. The number of nitrogens with one attached hydrogen (secondary N) is 1. The fraction of sp³-hybridized carbons (Fsp3) is 0.778. The van der Waals surface area contributed by atoms with Gasteiger partial charge in [0.2, 0.25) is 15.9 Å². The van der Waals surface area contributed by atoms with Crippen LogP contribution in [0, 0.1) is 11.8 Å². The fourth-order valence-electron chi connectivity index (χ4n) is 2.02. The van der Waals surface area contributed by atoms with Gasteiger partial charge >= 0.3 is 5.97 Å². The van der Waals surface area contributed by atoms with Crippen molar-refractivity contribution in [2.24, 2.45) is 17.0 Å². The molecule has 0 aliphatic heterocycles. The Morgan fingerprint density at radius 3 is 2.41 bits per heavy atom. The van der Waals surface area contributed by atoms with E-state index in [4.69, 9.17) is 10.2 Å². The van der Waals surface area contributed by atoms with Crippen molar-refractivity contribution < 1.29 is 23.1 Å². The average molecular weight is 264 g/mol. The van der Waals surface area contributed by atoms with Crippen LogP contribution in [0.3, 0.4) is 0 Å². The Labute approximate surface area is 99.4 Å². The predicted molar refractivity (Wildman–Crippen MR) is 59.5 cm³/mol. The van der Waals surface area contributed by atoms with Gasteiger partial charge in [0.05, 0.1) is 17.6 Å². The van der Waals surface area contributed by atoms with E-state index in [1.165, 1.54) is 0 Å². The Balaban J connectivity index is 2.45. The summed E-state index contributed by atoms with van der Waals surface area (Å²) in [5.74, 6) is -2.95. The van der Waals surface area contributed by atoms with Crippen molar-refractivity contribution >= 4 is 21.9 Å². The highest BCUT2D eigenvalue weighted by Gasteiger charge is 2.37. The first-order valence-corrected chi connectivity index (χ1v) is 7.04. The molecule has 1 saturated carbocycles. The van der Waals surface area contributed by atoms with Crippen molar-refractivity contribution in [3.05, 3.63) is 0 Å². The largest absolute Gasteiger partial charge is 0.481 e. The molecule has 0 unspecified atom stereocenters. The summed E-state index contributed by atoms with van der Waals surface area (Å²) in [5.41, 5.74) is 0. The molecule has 0 saturated heterocycles. The van der Waals surface area contributed by atoms with Gasteiger partial charge in [-0.15, -0.1) is 0 Å². The Morgan fingerprint density at radius 1 is 1.29 bits per heavy atom. The van der Waals surface area contributed by atoms with Gasteiger partial charge in [0.15, 0.2) is 0 Å². The van der Waals surface area contributed by atoms with Crippen molar-refractivity contribution in [2.75, 3.05) is 12.3 Å². The molecular weight excluding hydrogens is 248 g/mol. The number of carbonyl (C=O) groups is 2. The van der Waals surface area contributed by atoms with Crippen LogP contribution in [0.15, 0.2) is 0 Å². The van der Waals surface area contributed by atoms with Crippen molar-refractivity contribution in [2.45, 2.75) is 19.3 Å². The molecule has 0 aromatic carbocycles. The molecule has 8 heteroatoms. The Hall–Kier alpha value is -1.15. The van der Waals surface area contributed by atoms with E-state index in [0.29, 0.717) is 19.3 Å². The van der Waals surface area contributed by atoms with E-state index in [9.17, 15) is 18.0 Å². The first kappa shape index (κ1) is 13.9. The molecule has 1 aliphatic rings. The topological polar surface area (TPSA) is 127 Å². The van der Waals surface area contributed by atoms with Crippen molar-refractivity contribution in [1.82, 2.24) is 5.32 Å². The van der Waals surface area contributed by atoms with E-state index >= 15 is 0 Å². The highest BCUT2D eigenvalue weighted by atomic mass is 32.2. The first-order valence-electron chi connectivity index (χ1n) is 5.32. The van der Waals surface area contributed by atoms with Crippen LogP contribution in [0.4, 0.5) is 0 Å². The minimum Gasteiger partial charge on any atom is -0.481 e. The van der Waals surface area contributed by atoms with Crippen molar-refractivity contribution in [3.8, 4) is 0 Å². The molecule has 4 N–H and O–H groups in total. The lowest BCUT2D eigenvalue weighted by Crippen LogP contribution is -2.38. The van der Waals surface area contributed by atoms with Gasteiger partial charge < -0.3 is 10.4 Å². The summed E-state index contributed by atoms with van der Waals surface area (Å²) in [4.78, 5) is 22.5. The van der Waals surface area contributed by atoms with E-state index in [1.54, 1.807) is 0 Å². The van der Waals surface area contributed by atoms with Gasteiger partial charge in [0.1, 0.15) is 0 Å². The van der Waals surface area contributed by atoms with Crippen LogP contribution in [0.2, 0.25) is 0 Å². The third kappa shape index (κ3) is 4.31. The maximum atomic E-state index is 11.6. The number of carbonyl (C=O) groups excluding carboxylic acids is 1. The number of carboxylic acids is 1. The van der Waals surface area contributed by atoms with Crippen LogP contribution in [0.25, 0.3) is 0 Å². The van der Waals surface area contributed by atoms with E-state index in [1.807, 2.05) is 0 Å². The molecule has 0 aromatic rings. The zero-order chi connectivity index (χ0) is 13.1. The van der Waals surface area contributed by atoms with Gasteiger partial charge in [-0.3, -0.25) is 9.59 Å². The maximum Gasteiger partial charge on any atom is 0.307 e. The SMILES string of the molecule is NS(=O)(=O)CCNC(=O)[C@@H]1CCC[C@@H]1C(=O)O. The van der Waals surface area contributed by atoms with Crippen LogP contribution in [-0.2, 0) is 19.6 Å². The summed E-state index contributed by atoms with van der Waals surface area (Å²) in [6.07, 6.45) is 1.71. The molecular formula is C9H16N2O5S. The van der Waals surface area contributed by atoms with Gasteiger partial charge in [-0.05, 0) is 12.8 Å². The third-order valence-corrected chi connectivity index (χ3v) is 3.63. The molecule has 17 heavy (non-hydrogen) atoms. The summed E-state index contributed by atoms with van der Waals surface area (Å²) < 4.78 is 21.3. The molecule has 0 bridgehead atoms. The fourth-order valence-corrected chi connectivity index (χ4v) is 2.40. The lowest BCUT2D eigenvalue weighted by molar-refractivity contribution is -0.146. The number of hydrogen-bond acceptors (Lipinski definition) is 4. The van der Waals surface area contributed by atoms with Crippen molar-refractivity contribution in [1.29, 1.82) is 0 Å². The van der Waals surface area contributed by atoms with Gasteiger partial charge in [0, 0.05) is 6.54 Å². The Bertz CT molecular complexity index is 406. The first-order chi connectivity index (χ1) is 7.81. The van der Waals surface area contributed by atoms with E-state index < -0.39 is 33.7 Å². The average Bonchev–Trinajstić information content (AvgIpc) is 2.63. The minimum atomic E-state index is -3.60. The maximum absolute atomic E-state index is 11.6.